The zero-order valence-corrected chi connectivity index (χ0v) is 12.6. The fourth-order valence-corrected chi connectivity index (χ4v) is 2.23. The van der Waals surface area contributed by atoms with Crippen molar-refractivity contribution >= 4 is 22.8 Å². The molecule has 2 rings (SSSR count). The number of nitrogens with one attached hydrogen (secondary N) is 1. The number of hydrogen-bond acceptors (Lipinski definition) is 6. The van der Waals surface area contributed by atoms with Crippen molar-refractivity contribution in [3.05, 3.63) is 17.8 Å². The van der Waals surface area contributed by atoms with Crippen LogP contribution in [0.5, 0.6) is 0 Å². The molecule has 2 heterocycles. The van der Waals surface area contributed by atoms with Gasteiger partial charge in [-0.15, -0.1) is 0 Å². The molecule has 0 bridgehead atoms. The number of aliphatic hydroxyl groups excluding tert-OH is 1. The van der Waals surface area contributed by atoms with E-state index in [1.165, 1.54) is 0 Å². The van der Waals surface area contributed by atoms with Gasteiger partial charge in [0.2, 0.25) is 5.95 Å². The molecule has 0 fully saturated rings. The van der Waals surface area contributed by atoms with Crippen LogP contribution >= 0.6 is 0 Å². The molecule has 0 aromatic carbocycles. The first-order chi connectivity index (χ1) is 10.2. The predicted octanol–water partition coefficient (Wildman–Crippen LogP) is 2.13. The molecule has 1 unspecified atom stereocenters. The van der Waals surface area contributed by atoms with Gasteiger partial charge < -0.3 is 16.2 Å². The van der Waals surface area contributed by atoms with E-state index in [2.05, 4.69) is 34.1 Å². The van der Waals surface area contributed by atoms with Crippen molar-refractivity contribution in [3.8, 4) is 0 Å². The minimum absolute atomic E-state index is 0.0462. The molecule has 0 spiro atoms. The van der Waals surface area contributed by atoms with Crippen molar-refractivity contribution in [2.24, 2.45) is 0 Å². The summed E-state index contributed by atoms with van der Waals surface area (Å²) in [5.41, 5.74) is 8.31. The first-order valence-corrected chi connectivity index (χ1v) is 7.47. The van der Waals surface area contributed by atoms with Crippen LogP contribution in [0.15, 0.2) is 12.3 Å². The largest absolute Gasteiger partial charge is 0.394 e. The van der Waals surface area contributed by atoms with Crippen LogP contribution in [0.3, 0.4) is 0 Å². The average Bonchev–Trinajstić information content (AvgIpc) is 2.50. The molecule has 0 aliphatic carbocycles. The molecule has 6 nitrogen and oxygen atoms in total. The highest BCUT2D eigenvalue weighted by atomic mass is 16.3. The number of rotatable bonds is 7. The number of fused-ring (bicyclic) bond motifs is 1. The third-order valence-corrected chi connectivity index (χ3v) is 3.49. The van der Waals surface area contributed by atoms with Gasteiger partial charge in [-0.1, -0.05) is 26.7 Å². The predicted molar refractivity (Wildman–Crippen MR) is 85.1 cm³/mol. The second kappa shape index (κ2) is 7.17. The summed E-state index contributed by atoms with van der Waals surface area (Å²) in [6.45, 7) is 4.25. The number of aliphatic hydroxyl groups is 1. The minimum atomic E-state index is -0.0462. The van der Waals surface area contributed by atoms with Gasteiger partial charge in [0.15, 0.2) is 5.82 Å². The summed E-state index contributed by atoms with van der Waals surface area (Å²) >= 11 is 0. The maximum Gasteiger partial charge on any atom is 0.222 e. The zero-order chi connectivity index (χ0) is 15.2. The molecule has 0 radical (unpaired) electrons. The van der Waals surface area contributed by atoms with Crippen LogP contribution in [-0.2, 0) is 6.42 Å². The molecular weight excluding hydrogens is 266 g/mol. The number of pyridine rings is 1. The van der Waals surface area contributed by atoms with E-state index in [0.29, 0.717) is 11.3 Å². The number of aromatic nitrogens is 3. The van der Waals surface area contributed by atoms with Gasteiger partial charge in [-0.05, 0) is 24.5 Å². The third-order valence-electron chi connectivity index (χ3n) is 3.49. The van der Waals surface area contributed by atoms with E-state index < -0.39 is 0 Å². The Bertz CT molecular complexity index is 602. The SMILES string of the molecule is CCCCC(CO)Nc1nc(N)nc2cc(CC)cnc12. The Hall–Kier alpha value is -1.95. The van der Waals surface area contributed by atoms with Gasteiger partial charge in [0.05, 0.1) is 18.2 Å². The monoisotopic (exact) mass is 289 g/mol. The second-order valence-electron chi connectivity index (χ2n) is 5.16. The van der Waals surface area contributed by atoms with Gasteiger partial charge in [0, 0.05) is 6.20 Å². The van der Waals surface area contributed by atoms with Crippen LogP contribution in [0.2, 0.25) is 0 Å². The molecule has 0 amide bonds. The Morgan fingerprint density at radius 1 is 1.33 bits per heavy atom. The fourth-order valence-electron chi connectivity index (χ4n) is 2.23. The fraction of sp³-hybridized carbons (Fsp3) is 0.533. The highest BCUT2D eigenvalue weighted by Crippen LogP contribution is 2.21. The average molecular weight is 289 g/mol. The van der Waals surface area contributed by atoms with Crippen molar-refractivity contribution in [1.82, 2.24) is 15.0 Å². The summed E-state index contributed by atoms with van der Waals surface area (Å²) in [4.78, 5) is 12.9. The molecule has 0 saturated heterocycles. The summed E-state index contributed by atoms with van der Waals surface area (Å²) in [7, 11) is 0. The van der Waals surface area contributed by atoms with Crippen molar-refractivity contribution in [1.29, 1.82) is 0 Å². The van der Waals surface area contributed by atoms with Crippen molar-refractivity contribution in [2.75, 3.05) is 17.7 Å². The molecule has 0 aliphatic heterocycles. The molecule has 0 aliphatic rings. The van der Waals surface area contributed by atoms with Gasteiger partial charge in [-0.2, -0.15) is 4.98 Å². The van der Waals surface area contributed by atoms with Crippen molar-refractivity contribution in [2.45, 2.75) is 45.6 Å². The first kappa shape index (κ1) is 15.4. The topological polar surface area (TPSA) is 97.0 Å². The number of hydrogen-bond donors (Lipinski definition) is 3. The standard InChI is InChI=1S/C15H23N5O/c1-3-5-6-11(9-21)18-14-13-12(19-15(16)20-14)7-10(4-2)8-17-13/h7-8,11,21H,3-6,9H2,1-2H3,(H3,16,18,19,20). The summed E-state index contributed by atoms with van der Waals surface area (Å²) < 4.78 is 0. The Morgan fingerprint density at radius 2 is 2.14 bits per heavy atom. The number of aryl methyl sites for hydroxylation is 1. The first-order valence-electron chi connectivity index (χ1n) is 7.47. The molecule has 114 valence electrons. The Kier molecular flexibility index (Phi) is 5.27. The number of nitrogens with zero attached hydrogens (tertiary/aromatic N) is 3. The molecule has 2 aromatic heterocycles. The highest BCUT2D eigenvalue weighted by Gasteiger charge is 2.13. The lowest BCUT2D eigenvalue weighted by atomic mass is 10.1. The lowest BCUT2D eigenvalue weighted by Gasteiger charge is -2.17. The van der Waals surface area contributed by atoms with E-state index in [4.69, 9.17) is 5.73 Å². The normalized spacial score (nSPS) is 12.5. The summed E-state index contributed by atoms with van der Waals surface area (Å²) in [6.07, 6.45) is 5.73. The smallest absolute Gasteiger partial charge is 0.222 e. The van der Waals surface area contributed by atoms with Gasteiger partial charge in [-0.25, -0.2) is 4.98 Å². The minimum Gasteiger partial charge on any atom is -0.394 e. The van der Waals surface area contributed by atoms with Crippen LogP contribution in [0, 0.1) is 0 Å². The maximum absolute atomic E-state index is 9.48. The van der Waals surface area contributed by atoms with Crippen LogP contribution in [0.4, 0.5) is 11.8 Å². The van der Waals surface area contributed by atoms with Crippen molar-refractivity contribution in [3.63, 3.8) is 0 Å². The Morgan fingerprint density at radius 3 is 2.81 bits per heavy atom. The number of nitrogens with two attached hydrogens (primary N) is 1. The lowest BCUT2D eigenvalue weighted by molar-refractivity contribution is 0.267. The molecule has 1 atom stereocenters. The quantitative estimate of drug-likeness (QED) is 0.722. The van der Waals surface area contributed by atoms with E-state index in [1.54, 1.807) is 0 Å². The van der Waals surface area contributed by atoms with Crippen LogP contribution < -0.4 is 11.1 Å². The van der Waals surface area contributed by atoms with Gasteiger partial charge >= 0.3 is 0 Å². The van der Waals surface area contributed by atoms with E-state index in [1.807, 2.05) is 12.3 Å². The molecule has 21 heavy (non-hydrogen) atoms. The van der Waals surface area contributed by atoms with Crippen LogP contribution in [0.25, 0.3) is 11.0 Å². The molecule has 0 saturated carbocycles. The molecular formula is C15H23N5O. The van der Waals surface area contributed by atoms with Crippen LogP contribution in [0.1, 0.15) is 38.7 Å². The summed E-state index contributed by atoms with van der Waals surface area (Å²) in [5, 5.41) is 12.7. The maximum atomic E-state index is 9.48. The van der Waals surface area contributed by atoms with Gasteiger partial charge in [-0.3, -0.25) is 4.98 Å². The van der Waals surface area contributed by atoms with E-state index in [-0.39, 0.29) is 18.6 Å². The molecule has 4 N–H and O–H groups in total. The number of unbranched alkanes of at least 4 members (excludes halogenated alkanes) is 1. The molecule has 6 heteroatoms. The van der Waals surface area contributed by atoms with Gasteiger partial charge in [0.25, 0.3) is 0 Å². The van der Waals surface area contributed by atoms with Crippen LogP contribution in [-0.4, -0.2) is 32.7 Å². The van der Waals surface area contributed by atoms with E-state index in [9.17, 15) is 5.11 Å². The third kappa shape index (κ3) is 3.78. The van der Waals surface area contributed by atoms with Crippen molar-refractivity contribution < 1.29 is 5.11 Å². The van der Waals surface area contributed by atoms with Gasteiger partial charge in [0.1, 0.15) is 5.52 Å². The lowest BCUT2D eigenvalue weighted by Crippen LogP contribution is -2.24. The van der Waals surface area contributed by atoms with E-state index in [0.717, 1.165) is 36.8 Å². The zero-order valence-electron chi connectivity index (χ0n) is 12.6. The highest BCUT2D eigenvalue weighted by molar-refractivity contribution is 5.86. The summed E-state index contributed by atoms with van der Waals surface area (Å²) in [5.74, 6) is 0.808. The number of anilines is 2. The van der Waals surface area contributed by atoms with E-state index >= 15 is 0 Å². The summed E-state index contributed by atoms with van der Waals surface area (Å²) in [6, 6.07) is 1.93. The second-order valence-corrected chi connectivity index (χ2v) is 5.16. The number of nitrogen functional groups attached to an aromatic ring is 1. The molecule has 2 aromatic rings. The Labute approximate surface area is 124 Å². The Balaban J connectivity index is 2.33.